The number of unbranched alkanes of at least 4 members (excludes halogenated alkanes) is 2. The molecule has 24 heavy (non-hydrogen) atoms. The monoisotopic (exact) mass is 333 g/mol. The first-order valence-corrected chi connectivity index (χ1v) is 8.68. The second-order valence-electron chi connectivity index (χ2n) is 6.07. The van der Waals surface area contributed by atoms with Crippen LogP contribution >= 0.6 is 0 Å². The highest BCUT2D eigenvalue weighted by molar-refractivity contribution is 5.93. The fourth-order valence-corrected chi connectivity index (χ4v) is 2.90. The van der Waals surface area contributed by atoms with Crippen molar-refractivity contribution in [1.82, 2.24) is 14.8 Å². The van der Waals surface area contributed by atoms with E-state index in [0.29, 0.717) is 31.6 Å². The van der Waals surface area contributed by atoms with Crippen molar-refractivity contribution in [2.24, 2.45) is 0 Å². The molecule has 6 nitrogen and oxygen atoms in total. The van der Waals surface area contributed by atoms with Crippen LogP contribution in [0.2, 0.25) is 0 Å². The molecule has 0 saturated carbocycles. The Morgan fingerprint density at radius 1 is 1.12 bits per heavy atom. The maximum atomic E-state index is 12.5. The van der Waals surface area contributed by atoms with Crippen LogP contribution in [0.15, 0.2) is 24.5 Å². The molecule has 1 saturated heterocycles. The quantitative estimate of drug-likeness (QED) is 0.716. The third-order valence-corrected chi connectivity index (χ3v) is 4.28. The summed E-state index contributed by atoms with van der Waals surface area (Å²) in [7, 11) is 1.70. The highest BCUT2D eigenvalue weighted by atomic mass is 16.5. The summed E-state index contributed by atoms with van der Waals surface area (Å²) in [5, 5.41) is 0. The van der Waals surface area contributed by atoms with E-state index in [1.54, 1.807) is 31.6 Å². The van der Waals surface area contributed by atoms with E-state index in [0.717, 1.165) is 38.8 Å². The van der Waals surface area contributed by atoms with Crippen LogP contribution in [-0.4, -0.2) is 66.5 Å². The van der Waals surface area contributed by atoms with Gasteiger partial charge in [0.05, 0.1) is 5.56 Å². The van der Waals surface area contributed by atoms with E-state index in [4.69, 9.17) is 4.74 Å². The van der Waals surface area contributed by atoms with Crippen LogP contribution < -0.4 is 0 Å². The number of pyridine rings is 1. The zero-order chi connectivity index (χ0) is 17.2. The van der Waals surface area contributed by atoms with Gasteiger partial charge in [0.1, 0.15) is 0 Å². The summed E-state index contributed by atoms with van der Waals surface area (Å²) in [6.07, 6.45) is 7.57. The molecule has 0 aromatic carbocycles. The molecule has 132 valence electrons. The van der Waals surface area contributed by atoms with Crippen LogP contribution in [0.1, 0.15) is 42.5 Å². The summed E-state index contributed by atoms with van der Waals surface area (Å²) in [5.41, 5.74) is 0.607. The number of carbonyl (C=O) groups is 2. The second kappa shape index (κ2) is 10.0. The normalized spacial score (nSPS) is 15.2. The fourth-order valence-electron chi connectivity index (χ4n) is 2.90. The Kier molecular flexibility index (Phi) is 7.68. The molecule has 0 aliphatic carbocycles. The smallest absolute Gasteiger partial charge is 0.255 e. The maximum absolute atomic E-state index is 12.5. The lowest BCUT2D eigenvalue weighted by Gasteiger charge is -2.22. The minimum absolute atomic E-state index is 0.00281. The second-order valence-corrected chi connectivity index (χ2v) is 6.07. The van der Waals surface area contributed by atoms with E-state index < -0.39 is 0 Å². The summed E-state index contributed by atoms with van der Waals surface area (Å²) < 4.78 is 5.02. The molecule has 6 heteroatoms. The summed E-state index contributed by atoms with van der Waals surface area (Å²) in [6, 6.07) is 3.55. The molecule has 1 aromatic heterocycles. The molecule has 2 amide bonds. The molecular weight excluding hydrogens is 306 g/mol. The lowest BCUT2D eigenvalue weighted by molar-refractivity contribution is -0.131. The van der Waals surface area contributed by atoms with Crippen LogP contribution in [-0.2, 0) is 9.53 Å². The van der Waals surface area contributed by atoms with Gasteiger partial charge in [0.25, 0.3) is 5.91 Å². The summed E-state index contributed by atoms with van der Waals surface area (Å²) in [6.45, 7) is 3.37. The van der Waals surface area contributed by atoms with Gasteiger partial charge >= 0.3 is 0 Å². The van der Waals surface area contributed by atoms with Crippen molar-refractivity contribution in [1.29, 1.82) is 0 Å². The first kappa shape index (κ1) is 18.4. The zero-order valence-electron chi connectivity index (χ0n) is 14.4. The van der Waals surface area contributed by atoms with Crippen LogP contribution in [0.4, 0.5) is 0 Å². The number of methoxy groups -OCH3 is 1. The topological polar surface area (TPSA) is 62.7 Å². The molecule has 0 bridgehead atoms. The van der Waals surface area contributed by atoms with Gasteiger partial charge in [0.15, 0.2) is 0 Å². The van der Waals surface area contributed by atoms with Gasteiger partial charge in [-0.2, -0.15) is 0 Å². The Hall–Kier alpha value is -1.95. The zero-order valence-corrected chi connectivity index (χ0v) is 14.4. The van der Waals surface area contributed by atoms with Gasteiger partial charge in [-0.1, -0.05) is 6.42 Å². The third-order valence-electron chi connectivity index (χ3n) is 4.28. The molecular formula is C18H27N3O3. The molecule has 1 fully saturated rings. The molecule has 0 N–H and O–H groups in total. The number of aromatic nitrogens is 1. The van der Waals surface area contributed by atoms with Crippen molar-refractivity contribution in [3.63, 3.8) is 0 Å². The lowest BCUT2D eigenvalue weighted by Crippen LogP contribution is -2.37. The minimum atomic E-state index is -0.00281. The molecule has 2 rings (SSSR count). The molecule has 0 spiro atoms. The van der Waals surface area contributed by atoms with Gasteiger partial charge in [-0.15, -0.1) is 0 Å². The standard InChI is InChI=1S/C18H27N3O3/c1-24-14-4-2-3-8-17(22)20-10-6-11-21(13-12-20)18(23)16-7-5-9-19-15-16/h5,7,9,15H,2-4,6,8,10-14H2,1H3. The highest BCUT2D eigenvalue weighted by Crippen LogP contribution is 2.11. The summed E-state index contributed by atoms with van der Waals surface area (Å²) in [5.74, 6) is 0.194. The minimum Gasteiger partial charge on any atom is -0.385 e. The van der Waals surface area contributed by atoms with E-state index in [1.165, 1.54) is 0 Å². The Labute approximate surface area is 143 Å². The molecule has 1 aliphatic heterocycles. The molecule has 2 heterocycles. The van der Waals surface area contributed by atoms with E-state index in [9.17, 15) is 9.59 Å². The first-order chi connectivity index (χ1) is 11.7. The predicted molar refractivity (Wildman–Crippen MR) is 91.7 cm³/mol. The Balaban J connectivity index is 1.77. The SMILES string of the molecule is COCCCCCC(=O)N1CCCN(C(=O)c2cccnc2)CC1. The van der Waals surface area contributed by atoms with Gasteiger partial charge in [0, 0.05) is 58.7 Å². The summed E-state index contributed by atoms with van der Waals surface area (Å²) in [4.78, 5) is 32.5. The number of ether oxygens (including phenoxy) is 1. The molecule has 0 atom stereocenters. The van der Waals surface area contributed by atoms with E-state index in [-0.39, 0.29) is 11.8 Å². The van der Waals surface area contributed by atoms with Crippen LogP contribution in [0.25, 0.3) is 0 Å². The van der Waals surface area contributed by atoms with Crippen molar-refractivity contribution in [2.45, 2.75) is 32.1 Å². The van der Waals surface area contributed by atoms with Crippen LogP contribution in [0.3, 0.4) is 0 Å². The van der Waals surface area contributed by atoms with E-state index in [1.807, 2.05) is 9.80 Å². The lowest BCUT2D eigenvalue weighted by atomic mass is 10.2. The highest BCUT2D eigenvalue weighted by Gasteiger charge is 2.22. The van der Waals surface area contributed by atoms with Gasteiger partial charge < -0.3 is 14.5 Å². The van der Waals surface area contributed by atoms with Gasteiger partial charge in [0.2, 0.25) is 5.91 Å². The van der Waals surface area contributed by atoms with Crippen molar-refractivity contribution >= 4 is 11.8 Å². The Morgan fingerprint density at radius 2 is 1.92 bits per heavy atom. The summed E-state index contributed by atoms with van der Waals surface area (Å²) >= 11 is 0. The Morgan fingerprint density at radius 3 is 2.67 bits per heavy atom. The average molecular weight is 333 g/mol. The van der Waals surface area contributed by atoms with Gasteiger partial charge in [-0.3, -0.25) is 14.6 Å². The van der Waals surface area contributed by atoms with Gasteiger partial charge in [-0.25, -0.2) is 0 Å². The number of carbonyl (C=O) groups excluding carboxylic acids is 2. The van der Waals surface area contributed by atoms with Crippen molar-refractivity contribution in [3.8, 4) is 0 Å². The van der Waals surface area contributed by atoms with E-state index in [2.05, 4.69) is 4.98 Å². The van der Waals surface area contributed by atoms with Gasteiger partial charge in [-0.05, 0) is 31.4 Å². The van der Waals surface area contributed by atoms with Crippen LogP contribution in [0.5, 0.6) is 0 Å². The third kappa shape index (κ3) is 5.60. The number of rotatable bonds is 7. The molecule has 1 aromatic rings. The largest absolute Gasteiger partial charge is 0.385 e. The number of hydrogen-bond acceptors (Lipinski definition) is 4. The van der Waals surface area contributed by atoms with Crippen LogP contribution in [0, 0.1) is 0 Å². The Bertz CT molecular complexity index is 522. The predicted octanol–water partition coefficient (Wildman–Crippen LogP) is 1.96. The maximum Gasteiger partial charge on any atom is 0.255 e. The molecule has 0 unspecified atom stereocenters. The van der Waals surface area contributed by atoms with Crippen molar-refractivity contribution in [3.05, 3.63) is 30.1 Å². The number of amides is 2. The number of nitrogens with zero attached hydrogens (tertiary/aromatic N) is 3. The van der Waals surface area contributed by atoms with Crippen molar-refractivity contribution in [2.75, 3.05) is 39.9 Å². The van der Waals surface area contributed by atoms with Crippen molar-refractivity contribution < 1.29 is 14.3 Å². The molecule has 1 aliphatic rings. The van der Waals surface area contributed by atoms with E-state index >= 15 is 0 Å². The fraction of sp³-hybridized carbons (Fsp3) is 0.611. The number of hydrogen-bond donors (Lipinski definition) is 0. The molecule has 0 radical (unpaired) electrons. The average Bonchev–Trinajstić information content (AvgIpc) is 2.88. The first-order valence-electron chi connectivity index (χ1n) is 8.68.